The quantitative estimate of drug-likeness (QED) is 0.366. The van der Waals surface area contributed by atoms with Gasteiger partial charge in [-0.2, -0.15) is 19.6 Å². The molecule has 1 aromatic carbocycles. The Morgan fingerprint density at radius 2 is 1.81 bits per heavy atom. The maximum atomic E-state index is 11.7. The molecule has 5 rings (SSSR count). The summed E-state index contributed by atoms with van der Waals surface area (Å²) in [7, 11) is -3.19. The SMILES string of the molecule is Cc1cnnc(C)c1[C@@H](N)Oc1ccc2[nH]nc(-c3cnc(N4CCN(S(C)(=O)=O)CC4)nc3)c2c1. The number of rotatable bonds is 6. The molecule has 1 aliphatic rings. The van der Waals surface area contributed by atoms with Crippen molar-refractivity contribution in [1.82, 2.24) is 34.7 Å². The Bertz CT molecular complexity index is 1480. The zero-order valence-corrected chi connectivity index (χ0v) is 21.0. The number of nitrogens with one attached hydrogen (secondary N) is 1. The molecular formula is C23H27N9O3S. The lowest BCUT2D eigenvalue weighted by Crippen LogP contribution is -2.48. The number of aromatic amines is 1. The number of nitrogens with two attached hydrogens (primary N) is 1. The number of ether oxygens (including phenoxy) is 1. The van der Waals surface area contributed by atoms with Crippen LogP contribution in [0.15, 0.2) is 36.8 Å². The number of sulfonamides is 1. The van der Waals surface area contributed by atoms with Crippen LogP contribution in [0.5, 0.6) is 5.75 Å². The molecule has 1 atom stereocenters. The summed E-state index contributed by atoms with van der Waals surface area (Å²) in [6, 6.07) is 5.60. The number of piperazine rings is 1. The summed E-state index contributed by atoms with van der Waals surface area (Å²) in [5, 5.41) is 16.4. The van der Waals surface area contributed by atoms with Crippen LogP contribution < -0.4 is 15.4 Å². The van der Waals surface area contributed by atoms with Crippen molar-refractivity contribution >= 4 is 26.9 Å². The third-order valence-electron chi connectivity index (χ3n) is 6.26. The molecule has 1 saturated heterocycles. The summed E-state index contributed by atoms with van der Waals surface area (Å²) in [6.07, 6.45) is 5.63. The van der Waals surface area contributed by atoms with Gasteiger partial charge in [0.05, 0.1) is 23.7 Å². The van der Waals surface area contributed by atoms with Crippen LogP contribution in [-0.2, 0) is 10.0 Å². The number of aromatic nitrogens is 6. The number of anilines is 1. The van der Waals surface area contributed by atoms with Crippen LogP contribution in [0.4, 0.5) is 5.95 Å². The van der Waals surface area contributed by atoms with E-state index in [1.807, 2.05) is 36.9 Å². The van der Waals surface area contributed by atoms with E-state index in [1.165, 1.54) is 10.6 Å². The fourth-order valence-electron chi connectivity index (χ4n) is 4.36. The van der Waals surface area contributed by atoms with Crippen molar-refractivity contribution in [3.63, 3.8) is 0 Å². The zero-order valence-electron chi connectivity index (χ0n) is 20.2. The highest BCUT2D eigenvalue weighted by molar-refractivity contribution is 7.88. The Kier molecular flexibility index (Phi) is 6.28. The molecule has 1 fully saturated rings. The van der Waals surface area contributed by atoms with Gasteiger partial charge in [-0.3, -0.25) is 10.8 Å². The molecule has 13 heteroatoms. The van der Waals surface area contributed by atoms with E-state index in [2.05, 4.69) is 30.4 Å². The lowest BCUT2D eigenvalue weighted by molar-refractivity contribution is 0.212. The molecule has 4 aromatic rings. The third-order valence-corrected chi connectivity index (χ3v) is 7.56. The highest BCUT2D eigenvalue weighted by Crippen LogP contribution is 2.31. The fourth-order valence-corrected chi connectivity index (χ4v) is 5.19. The van der Waals surface area contributed by atoms with Crippen LogP contribution in [-0.4, -0.2) is 75.5 Å². The average Bonchev–Trinajstić information content (AvgIpc) is 3.27. The molecule has 12 nitrogen and oxygen atoms in total. The van der Waals surface area contributed by atoms with Gasteiger partial charge >= 0.3 is 0 Å². The first-order valence-corrected chi connectivity index (χ1v) is 13.3. The fraction of sp³-hybridized carbons (Fsp3) is 0.348. The molecule has 0 saturated carbocycles. The van der Waals surface area contributed by atoms with Crippen molar-refractivity contribution in [1.29, 1.82) is 0 Å². The molecule has 0 unspecified atom stereocenters. The van der Waals surface area contributed by atoms with Gasteiger partial charge in [-0.25, -0.2) is 18.4 Å². The van der Waals surface area contributed by atoms with E-state index < -0.39 is 16.3 Å². The van der Waals surface area contributed by atoms with E-state index in [1.54, 1.807) is 18.6 Å². The molecule has 188 valence electrons. The van der Waals surface area contributed by atoms with Crippen molar-refractivity contribution in [2.24, 2.45) is 5.73 Å². The lowest BCUT2D eigenvalue weighted by Gasteiger charge is -2.33. The van der Waals surface area contributed by atoms with Crippen LogP contribution in [0.3, 0.4) is 0 Å². The highest BCUT2D eigenvalue weighted by atomic mass is 32.2. The Morgan fingerprint density at radius 3 is 2.47 bits per heavy atom. The van der Waals surface area contributed by atoms with Gasteiger partial charge in [0.1, 0.15) is 11.4 Å². The highest BCUT2D eigenvalue weighted by Gasteiger charge is 2.25. The first-order chi connectivity index (χ1) is 17.2. The summed E-state index contributed by atoms with van der Waals surface area (Å²) in [4.78, 5) is 11.0. The molecule has 3 N–H and O–H groups in total. The summed E-state index contributed by atoms with van der Waals surface area (Å²) >= 11 is 0. The molecular weight excluding hydrogens is 482 g/mol. The van der Waals surface area contributed by atoms with E-state index in [0.29, 0.717) is 43.6 Å². The standard InChI is InChI=1S/C23H27N9O3S/c1-14-11-27-28-15(2)20(14)22(24)35-17-4-5-19-18(10-17)21(30-29-19)16-12-25-23(26-13-16)31-6-8-32(9-7-31)36(3,33)34/h4-5,10-13,22H,6-9,24H2,1-3H3,(H,29,30)/t22-/m0/s1. The van der Waals surface area contributed by atoms with Crippen LogP contribution in [0.25, 0.3) is 22.2 Å². The first-order valence-electron chi connectivity index (χ1n) is 11.4. The maximum absolute atomic E-state index is 11.7. The number of hydrogen-bond donors (Lipinski definition) is 2. The Balaban J connectivity index is 1.35. The number of benzene rings is 1. The largest absolute Gasteiger partial charge is 0.471 e. The normalized spacial score (nSPS) is 15.8. The Hall–Kier alpha value is -3.68. The molecule has 1 aliphatic heterocycles. The van der Waals surface area contributed by atoms with E-state index in [9.17, 15) is 8.42 Å². The van der Waals surface area contributed by atoms with Crippen LogP contribution in [0, 0.1) is 13.8 Å². The van der Waals surface area contributed by atoms with Crippen LogP contribution in [0.2, 0.25) is 0 Å². The maximum Gasteiger partial charge on any atom is 0.225 e. The molecule has 4 heterocycles. The van der Waals surface area contributed by atoms with Gasteiger partial charge in [0.25, 0.3) is 0 Å². The minimum Gasteiger partial charge on any atom is -0.471 e. The Labute approximate surface area is 208 Å². The second kappa shape index (κ2) is 9.41. The second-order valence-electron chi connectivity index (χ2n) is 8.77. The summed E-state index contributed by atoms with van der Waals surface area (Å²) in [5.41, 5.74) is 11.1. The molecule has 0 radical (unpaired) electrons. The van der Waals surface area contributed by atoms with E-state index in [4.69, 9.17) is 10.5 Å². The van der Waals surface area contributed by atoms with E-state index in [-0.39, 0.29) is 0 Å². The molecule has 0 bridgehead atoms. The van der Waals surface area contributed by atoms with Gasteiger partial charge in [-0.15, -0.1) is 0 Å². The zero-order chi connectivity index (χ0) is 25.4. The smallest absolute Gasteiger partial charge is 0.225 e. The van der Waals surface area contributed by atoms with Gasteiger partial charge < -0.3 is 9.64 Å². The minimum absolute atomic E-state index is 0.410. The summed E-state index contributed by atoms with van der Waals surface area (Å²) < 4.78 is 31.0. The molecule has 3 aromatic heterocycles. The van der Waals surface area contributed by atoms with Gasteiger partial charge in [0, 0.05) is 55.1 Å². The summed E-state index contributed by atoms with van der Waals surface area (Å²) in [5.74, 6) is 1.15. The van der Waals surface area contributed by atoms with Gasteiger partial charge in [0.15, 0.2) is 6.23 Å². The van der Waals surface area contributed by atoms with Gasteiger partial charge in [-0.1, -0.05) is 0 Å². The monoisotopic (exact) mass is 509 g/mol. The number of fused-ring (bicyclic) bond motifs is 1. The minimum atomic E-state index is -3.19. The Morgan fingerprint density at radius 1 is 1.08 bits per heavy atom. The van der Waals surface area contributed by atoms with Crippen LogP contribution in [0.1, 0.15) is 23.0 Å². The molecule has 36 heavy (non-hydrogen) atoms. The average molecular weight is 510 g/mol. The van der Waals surface area contributed by atoms with Crippen molar-refractivity contribution in [2.45, 2.75) is 20.1 Å². The topological polar surface area (TPSA) is 156 Å². The second-order valence-corrected chi connectivity index (χ2v) is 10.7. The lowest BCUT2D eigenvalue weighted by atomic mass is 10.1. The predicted octanol–water partition coefficient (Wildman–Crippen LogP) is 1.54. The van der Waals surface area contributed by atoms with Crippen molar-refractivity contribution < 1.29 is 13.2 Å². The number of nitrogens with zero attached hydrogens (tertiary/aromatic N) is 7. The molecule has 0 spiro atoms. The van der Waals surface area contributed by atoms with Crippen molar-refractivity contribution in [3.05, 3.63) is 53.6 Å². The number of aryl methyl sites for hydroxylation is 2. The molecule has 0 amide bonds. The molecule has 0 aliphatic carbocycles. The van der Waals surface area contributed by atoms with Crippen LogP contribution >= 0.6 is 0 Å². The van der Waals surface area contributed by atoms with Crippen molar-refractivity contribution in [3.8, 4) is 17.0 Å². The third kappa shape index (κ3) is 4.72. The number of H-pyrrole nitrogens is 1. The predicted molar refractivity (Wildman–Crippen MR) is 135 cm³/mol. The van der Waals surface area contributed by atoms with Crippen molar-refractivity contribution in [2.75, 3.05) is 37.3 Å². The van der Waals surface area contributed by atoms with E-state index in [0.717, 1.165) is 33.3 Å². The van der Waals surface area contributed by atoms with Gasteiger partial charge in [0.2, 0.25) is 16.0 Å². The first kappa shape index (κ1) is 24.0. The van der Waals surface area contributed by atoms with E-state index >= 15 is 0 Å². The van der Waals surface area contributed by atoms with Gasteiger partial charge in [-0.05, 0) is 37.6 Å². The summed E-state index contributed by atoms with van der Waals surface area (Å²) in [6.45, 7) is 5.66. The number of hydrogen-bond acceptors (Lipinski definition) is 10.